The van der Waals surface area contributed by atoms with E-state index in [1.165, 1.54) is 23.0 Å². The molecule has 2 aromatic rings. The number of nitrogens with zero attached hydrogens (tertiary/aromatic N) is 1. The van der Waals surface area contributed by atoms with Gasteiger partial charge in [-0.2, -0.15) is 0 Å². The Morgan fingerprint density at radius 2 is 2.12 bits per heavy atom. The van der Waals surface area contributed by atoms with Crippen molar-refractivity contribution in [2.75, 3.05) is 13.7 Å². The van der Waals surface area contributed by atoms with Crippen LogP contribution in [0.3, 0.4) is 0 Å². The minimum atomic E-state index is -1.68. The maximum absolute atomic E-state index is 15.8. The van der Waals surface area contributed by atoms with E-state index in [9.17, 15) is 14.7 Å². The monoisotopic (exact) mass is 462 g/mol. The fraction of sp³-hybridized carbons (Fsp3) is 0.545. The Bertz CT molecular complexity index is 1310. The number of hydrogen-bond acceptors (Lipinski definition) is 7. The molecule has 6 N–H and O–H groups in total. The average molecular weight is 463 g/mol. The van der Waals surface area contributed by atoms with Crippen LogP contribution < -0.4 is 33.3 Å². The molecule has 1 saturated carbocycles. The Balaban J connectivity index is 1.76. The van der Waals surface area contributed by atoms with Crippen molar-refractivity contribution in [2.24, 2.45) is 11.5 Å². The molecule has 4 unspecified atom stereocenters. The summed E-state index contributed by atoms with van der Waals surface area (Å²) >= 11 is 1.48. The van der Waals surface area contributed by atoms with Gasteiger partial charge in [-0.15, -0.1) is 11.3 Å². The lowest BCUT2D eigenvalue weighted by Crippen LogP contribution is -2.60. The molecule has 0 amide bonds. The molecule has 0 spiro atoms. The first-order chi connectivity index (χ1) is 15.4. The van der Waals surface area contributed by atoms with Crippen molar-refractivity contribution in [3.8, 4) is 0 Å². The molecule has 0 bridgehead atoms. The van der Waals surface area contributed by atoms with E-state index in [1.807, 2.05) is 6.07 Å². The number of rotatable bonds is 5. The lowest BCUT2D eigenvalue weighted by molar-refractivity contribution is 0.142. The van der Waals surface area contributed by atoms with E-state index in [1.54, 1.807) is 0 Å². The number of aryl methyl sites for hydroxylation is 1. The highest BCUT2D eigenvalue weighted by atomic mass is 32.1. The van der Waals surface area contributed by atoms with Crippen LogP contribution in [0.4, 0.5) is 4.39 Å². The summed E-state index contributed by atoms with van der Waals surface area (Å²) in [6.45, 7) is 0.157. The largest absolute Gasteiger partial charge is 0.498 e. The molecule has 10 heteroatoms. The van der Waals surface area contributed by atoms with Crippen LogP contribution in [0, 0.1) is 0 Å². The fourth-order valence-electron chi connectivity index (χ4n) is 5.16. The van der Waals surface area contributed by atoms with Crippen LogP contribution in [0.15, 0.2) is 15.7 Å². The quantitative estimate of drug-likeness (QED) is 0.479. The van der Waals surface area contributed by atoms with E-state index in [0.29, 0.717) is 4.88 Å². The zero-order valence-electron chi connectivity index (χ0n) is 17.8. The molecule has 4 atom stereocenters. The molecular weight excluding hydrogens is 435 g/mol. The van der Waals surface area contributed by atoms with E-state index in [0.717, 1.165) is 42.5 Å². The molecule has 3 aliphatic rings. The lowest BCUT2D eigenvalue weighted by Gasteiger charge is -2.27. The smallest absolute Gasteiger partial charge is 0.329 e. The first kappa shape index (κ1) is 21.4. The van der Waals surface area contributed by atoms with Gasteiger partial charge in [-0.3, -0.25) is 14.3 Å². The van der Waals surface area contributed by atoms with Crippen LogP contribution >= 0.6 is 11.3 Å². The highest BCUT2D eigenvalue weighted by molar-refractivity contribution is 7.12. The van der Waals surface area contributed by atoms with E-state index in [4.69, 9.17) is 16.2 Å². The summed E-state index contributed by atoms with van der Waals surface area (Å²) in [5, 5.41) is 10.7. The first-order valence-electron chi connectivity index (χ1n) is 10.9. The molecule has 2 heterocycles. The zero-order valence-corrected chi connectivity index (χ0v) is 18.6. The third-order valence-electron chi connectivity index (χ3n) is 6.86. The molecule has 2 aromatic heterocycles. The number of fused-ring (bicyclic) bond motifs is 2. The number of aromatic amines is 1. The normalized spacial score (nSPS) is 25.9. The van der Waals surface area contributed by atoms with Gasteiger partial charge in [0.25, 0.3) is 5.56 Å². The maximum atomic E-state index is 15.8. The number of aliphatic hydroxyl groups is 1. The predicted molar refractivity (Wildman–Crippen MR) is 120 cm³/mol. The van der Waals surface area contributed by atoms with E-state index in [-0.39, 0.29) is 40.5 Å². The van der Waals surface area contributed by atoms with Crippen LogP contribution in [-0.4, -0.2) is 40.6 Å². The van der Waals surface area contributed by atoms with Gasteiger partial charge in [-0.1, -0.05) is 0 Å². The van der Waals surface area contributed by atoms with Crippen molar-refractivity contribution in [1.82, 2.24) is 9.55 Å². The summed E-state index contributed by atoms with van der Waals surface area (Å²) in [4.78, 5) is 29.3. The fourth-order valence-corrected chi connectivity index (χ4v) is 6.56. The van der Waals surface area contributed by atoms with Crippen LogP contribution in [0.2, 0.25) is 0 Å². The van der Waals surface area contributed by atoms with Crippen LogP contribution in [0.5, 0.6) is 0 Å². The number of nitrogens with two attached hydrogens (primary N) is 2. The molecule has 0 aliphatic heterocycles. The number of halogens is 1. The summed E-state index contributed by atoms with van der Waals surface area (Å²) in [6, 6.07) is 1.85. The molecule has 0 saturated heterocycles. The van der Waals surface area contributed by atoms with Gasteiger partial charge in [0, 0.05) is 28.3 Å². The molecule has 0 radical (unpaired) electrons. The minimum absolute atomic E-state index is 0.0187. The molecule has 3 aliphatic carbocycles. The SMILES string of the molecule is COC1=c2c(c(=O)[nH]c(=O)n2C2CC2)=C(N)C(F)C1c1cc2c(s1)CCCC2C(O)CN. The number of methoxy groups -OCH3 is 1. The number of ether oxygens (including phenoxy) is 1. The molecule has 172 valence electrons. The van der Waals surface area contributed by atoms with Crippen molar-refractivity contribution in [1.29, 1.82) is 0 Å². The van der Waals surface area contributed by atoms with E-state index < -0.39 is 29.4 Å². The maximum Gasteiger partial charge on any atom is 0.329 e. The van der Waals surface area contributed by atoms with Crippen molar-refractivity contribution < 1.29 is 14.2 Å². The standard InChI is InChI=1S/C22H27FN4O4S/c1-31-20-15(14-7-11-10(12(28)8-24)3-2-4-13(11)32-14)17(23)18(25)16-19(20)27(9-5-6-9)22(30)26-21(16)29/h7,9-10,12,15,17,28H,2-6,8,24-25H2,1H3,(H,26,29,30). The highest BCUT2D eigenvalue weighted by Gasteiger charge is 2.40. The number of nitrogens with one attached hydrogen (secondary N) is 1. The molecule has 32 heavy (non-hydrogen) atoms. The second kappa shape index (κ2) is 7.86. The summed E-state index contributed by atoms with van der Waals surface area (Å²) in [7, 11) is 1.43. The van der Waals surface area contributed by atoms with Crippen LogP contribution in [-0.2, 0) is 11.2 Å². The summed E-state index contributed by atoms with van der Waals surface area (Å²) in [5.41, 5.74) is 11.5. The van der Waals surface area contributed by atoms with Gasteiger partial charge in [0.15, 0.2) is 6.17 Å². The molecule has 1 fully saturated rings. The van der Waals surface area contributed by atoms with Gasteiger partial charge >= 0.3 is 5.69 Å². The summed E-state index contributed by atoms with van der Waals surface area (Å²) in [5.74, 6) is -0.723. The molecular formula is C22H27FN4O4S. The second-order valence-electron chi connectivity index (χ2n) is 8.82. The Labute approximate surface area is 187 Å². The molecule has 5 rings (SSSR count). The number of alkyl halides is 1. The van der Waals surface area contributed by atoms with E-state index in [2.05, 4.69) is 4.98 Å². The lowest BCUT2D eigenvalue weighted by atomic mass is 9.82. The van der Waals surface area contributed by atoms with Gasteiger partial charge in [0.1, 0.15) is 5.76 Å². The van der Waals surface area contributed by atoms with Crippen LogP contribution in [0.1, 0.15) is 58.9 Å². The number of thiophene rings is 1. The van der Waals surface area contributed by atoms with Crippen LogP contribution in [0.25, 0.3) is 11.5 Å². The number of aliphatic hydroxyl groups excluding tert-OH is 1. The molecule has 0 aromatic carbocycles. The van der Waals surface area contributed by atoms with Gasteiger partial charge < -0.3 is 21.3 Å². The molecule has 8 nitrogen and oxygen atoms in total. The topological polar surface area (TPSA) is 136 Å². The minimum Gasteiger partial charge on any atom is -0.498 e. The summed E-state index contributed by atoms with van der Waals surface area (Å²) < 4.78 is 23.0. The Morgan fingerprint density at radius 1 is 1.38 bits per heavy atom. The Kier molecular flexibility index (Phi) is 5.26. The van der Waals surface area contributed by atoms with Crippen molar-refractivity contribution in [2.45, 2.75) is 62.3 Å². The van der Waals surface area contributed by atoms with Crippen molar-refractivity contribution >= 4 is 22.8 Å². The van der Waals surface area contributed by atoms with Gasteiger partial charge in [0.2, 0.25) is 0 Å². The first-order valence-corrected chi connectivity index (χ1v) is 11.8. The van der Waals surface area contributed by atoms with Gasteiger partial charge in [-0.25, -0.2) is 9.18 Å². The highest BCUT2D eigenvalue weighted by Crippen LogP contribution is 2.45. The number of H-pyrrole nitrogens is 1. The average Bonchev–Trinajstić information content (AvgIpc) is 3.51. The summed E-state index contributed by atoms with van der Waals surface area (Å²) in [6.07, 6.45) is 1.84. The van der Waals surface area contributed by atoms with Crippen molar-refractivity contribution in [3.05, 3.63) is 52.8 Å². The Morgan fingerprint density at radius 3 is 2.78 bits per heavy atom. The third-order valence-corrected chi connectivity index (χ3v) is 8.16. The van der Waals surface area contributed by atoms with Crippen molar-refractivity contribution in [3.63, 3.8) is 0 Å². The number of aromatic nitrogens is 2. The second-order valence-corrected chi connectivity index (χ2v) is 9.98. The number of hydrogen-bond donors (Lipinski definition) is 4. The van der Waals surface area contributed by atoms with E-state index >= 15 is 4.39 Å². The zero-order chi connectivity index (χ0) is 22.7. The third kappa shape index (κ3) is 3.15. The van der Waals surface area contributed by atoms with Gasteiger partial charge in [-0.05, 0) is 43.7 Å². The van der Waals surface area contributed by atoms with Gasteiger partial charge in [0.05, 0.1) is 35.4 Å². The Hall–Kier alpha value is -2.43. The predicted octanol–water partition coefficient (Wildman–Crippen LogP) is -0.370.